The minimum absolute atomic E-state index is 0.0329. The molecule has 7 atom stereocenters. The SMILES string of the molecule is CC[C@H](C)C([C@@H](CC(=O)N1CCC[C@H]1[C@H](OC)[C@@H](C)C(=O)NCCC1=CCCC=C1)OC)N(C)C(=O)[C@@H](NC(=O)CC(C)C)C(C)C. The molecule has 10 nitrogen and oxygen atoms in total. The molecule has 1 saturated heterocycles. The van der Waals surface area contributed by atoms with Crippen molar-refractivity contribution >= 4 is 23.6 Å². The number of ether oxygens (including phenoxy) is 2. The van der Waals surface area contributed by atoms with Gasteiger partial charge in [0.25, 0.3) is 0 Å². The van der Waals surface area contributed by atoms with E-state index in [1.807, 2.05) is 39.5 Å². The first-order valence-electron chi connectivity index (χ1n) is 17.8. The predicted molar refractivity (Wildman–Crippen MR) is 186 cm³/mol. The third-order valence-corrected chi connectivity index (χ3v) is 9.89. The number of hydrogen-bond donors (Lipinski definition) is 2. The first kappa shape index (κ1) is 40.5. The molecule has 1 fully saturated rings. The van der Waals surface area contributed by atoms with E-state index >= 15 is 0 Å². The van der Waals surface area contributed by atoms with Gasteiger partial charge in [-0.1, -0.05) is 78.7 Å². The number of likely N-dealkylation sites (tertiary alicyclic amines) is 1. The number of rotatable bonds is 19. The van der Waals surface area contributed by atoms with Crippen molar-refractivity contribution in [3.05, 3.63) is 23.8 Å². The molecule has 0 bridgehead atoms. The van der Waals surface area contributed by atoms with Crippen molar-refractivity contribution in [2.75, 3.05) is 34.4 Å². The molecule has 10 heteroatoms. The Labute approximate surface area is 284 Å². The molecule has 4 amide bonds. The second-order valence-corrected chi connectivity index (χ2v) is 14.3. The lowest BCUT2D eigenvalue weighted by Crippen LogP contribution is -2.57. The Morgan fingerprint density at radius 1 is 1.02 bits per heavy atom. The first-order valence-corrected chi connectivity index (χ1v) is 17.8. The van der Waals surface area contributed by atoms with Crippen molar-refractivity contribution < 1.29 is 28.7 Å². The molecule has 268 valence electrons. The molecule has 0 spiro atoms. The Kier molecular flexibility index (Phi) is 17.2. The second kappa shape index (κ2) is 19.9. The first-order chi connectivity index (χ1) is 22.3. The summed E-state index contributed by atoms with van der Waals surface area (Å²) in [6.45, 7) is 14.9. The van der Waals surface area contributed by atoms with Crippen molar-refractivity contribution in [1.82, 2.24) is 20.4 Å². The number of nitrogens with zero attached hydrogens (tertiary/aromatic N) is 2. The molecule has 1 heterocycles. The highest BCUT2D eigenvalue weighted by atomic mass is 16.5. The lowest BCUT2D eigenvalue weighted by Gasteiger charge is -2.40. The molecular formula is C37H64N4O6. The zero-order valence-corrected chi connectivity index (χ0v) is 30.8. The maximum Gasteiger partial charge on any atom is 0.245 e. The molecule has 1 unspecified atom stereocenters. The van der Waals surface area contributed by atoms with Crippen LogP contribution in [0.4, 0.5) is 0 Å². The number of amides is 4. The molecule has 1 aliphatic heterocycles. The number of methoxy groups -OCH3 is 2. The number of likely N-dealkylation sites (N-methyl/N-ethyl adjacent to an activating group) is 1. The summed E-state index contributed by atoms with van der Waals surface area (Å²) in [5.41, 5.74) is 1.24. The summed E-state index contributed by atoms with van der Waals surface area (Å²) in [7, 11) is 4.94. The van der Waals surface area contributed by atoms with Crippen molar-refractivity contribution in [2.24, 2.45) is 23.7 Å². The van der Waals surface area contributed by atoms with Gasteiger partial charge in [-0.15, -0.1) is 0 Å². The summed E-state index contributed by atoms with van der Waals surface area (Å²) in [6, 6.07) is -1.31. The van der Waals surface area contributed by atoms with Gasteiger partial charge in [-0.05, 0) is 49.9 Å². The molecule has 47 heavy (non-hydrogen) atoms. The van der Waals surface area contributed by atoms with Gasteiger partial charge in [0.15, 0.2) is 0 Å². The van der Waals surface area contributed by atoms with E-state index in [2.05, 4.69) is 42.7 Å². The average Bonchev–Trinajstić information content (AvgIpc) is 3.52. The van der Waals surface area contributed by atoms with Gasteiger partial charge < -0.3 is 29.9 Å². The van der Waals surface area contributed by atoms with Gasteiger partial charge >= 0.3 is 0 Å². The third-order valence-electron chi connectivity index (χ3n) is 9.89. The normalized spacial score (nSPS) is 20.3. The van der Waals surface area contributed by atoms with Crippen LogP contribution in [0.2, 0.25) is 0 Å². The van der Waals surface area contributed by atoms with Gasteiger partial charge in [0.1, 0.15) is 6.04 Å². The predicted octanol–water partition coefficient (Wildman–Crippen LogP) is 4.88. The fourth-order valence-electron chi connectivity index (χ4n) is 6.99. The Morgan fingerprint density at radius 3 is 2.28 bits per heavy atom. The number of hydrogen-bond acceptors (Lipinski definition) is 6. The second-order valence-electron chi connectivity index (χ2n) is 14.3. The zero-order chi connectivity index (χ0) is 35.3. The largest absolute Gasteiger partial charge is 0.379 e. The number of carbonyl (C=O) groups is 4. The highest BCUT2D eigenvalue weighted by molar-refractivity contribution is 5.88. The van der Waals surface area contributed by atoms with E-state index in [-0.39, 0.29) is 59.9 Å². The molecule has 0 aromatic rings. The lowest BCUT2D eigenvalue weighted by atomic mass is 9.89. The van der Waals surface area contributed by atoms with Crippen LogP contribution in [0.5, 0.6) is 0 Å². The molecule has 0 radical (unpaired) electrons. The van der Waals surface area contributed by atoms with E-state index in [1.165, 1.54) is 5.57 Å². The summed E-state index contributed by atoms with van der Waals surface area (Å²) in [5, 5.41) is 6.03. The quantitative estimate of drug-likeness (QED) is 0.204. The molecule has 0 aromatic carbocycles. The van der Waals surface area contributed by atoms with Crippen molar-refractivity contribution in [3.8, 4) is 0 Å². The topological polar surface area (TPSA) is 117 Å². The lowest BCUT2D eigenvalue weighted by molar-refractivity contribution is -0.147. The van der Waals surface area contributed by atoms with Crippen LogP contribution < -0.4 is 10.6 Å². The van der Waals surface area contributed by atoms with Crippen LogP contribution in [0.3, 0.4) is 0 Å². The van der Waals surface area contributed by atoms with Gasteiger partial charge in [0.05, 0.1) is 36.6 Å². The minimum Gasteiger partial charge on any atom is -0.379 e. The molecule has 1 aliphatic carbocycles. The van der Waals surface area contributed by atoms with Crippen molar-refractivity contribution in [3.63, 3.8) is 0 Å². The van der Waals surface area contributed by atoms with Crippen molar-refractivity contribution in [1.29, 1.82) is 0 Å². The van der Waals surface area contributed by atoms with Gasteiger partial charge in [-0.25, -0.2) is 0 Å². The third kappa shape index (κ3) is 11.7. The van der Waals surface area contributed by atoms with Crippen LogP contribution in [0.1, 0.15) is 99.8 Å². The summed E-state index contributed by atoms with van der Waals surface area (Å²) < 4.78 is 11.9. The molecule has 0 aromatic heterocycles. The van der Waals surface area contributed by atoms with E-state index in [1.54, 1.807) is 26.2 Å². The average molecular weight is 661 g/mol. The monoisotopic (exact) mass is 660 g/mol. The molecule has 0 saturated carbocycles. The summed E-state index contributed by atoms with van der Waals surface area (Å²) in [4.78, 5) is 57.3. The van der Waals surface area contributed by atoms with Crippen molar-refractivity contribution in [2.45, 2.75) is 130 Å². The fraction of sp³-hybridized carbons (Fsp3) is 0.784. The highest BCUT2D eigenvalue weighted by Crippen LogP contribution is 2.29. The number of carbonyl (C=O) groups excluding carboxylic acids is 4. The number of allylic oxidation sites excluding steroid dienone is 3. The molecule has 2 aliphatic rings. The Hall–Kier alpha value is -2.72. The van der Waals surface area contributed by atoms with E-state index in [4.69, 9.17) is 9.47 Å². The van der Waals surface area contributed by atoms with Crippen LogP contribution in [0.15, 0.2) is 23.8 Å². The van der Waals surface area contributed by atoms with Crippen LogP contribution >= 0.6 is 0 Å². The van der Waals surface area contributed by atoms with Crippen LogP contribution in [-0.2, 0) is 28.7 Å². The minimum atomic E-state index is -0.681. The van der Waals surface area contributed by atoms with Gasteiger partial charge in [0.2, 0.25) is 23.6 Å². The summed E-state index contributed by atoms with van der Waals surface area (Å²) in [5.74, 6) is -0.835. The summed E-state index contributed by atoms with van der Waals surface area (Å²) in [6.07, 6.45) is 11.2. The molecular weight excluding hydrogens is 596 g/mol. The van der Waals surface area contributed by atoms with Crippen LogP contribution in [0, 0.1) is 23.7 Å². The number of nitrogens with one attached hydrogen (secondary N) is 2. The molecule has 2 N–H and O–H groups in total. The Bertz CT molecular complexity index is 1090. The Balaban J connectivity index is 2.16. The van der Waals surface area contributed by atoms with Gasteiger partial charge in [0, 0.05) is 40.8 Å². The standard InChI is InChI=1S/C37H64N4O6/c1-11-26(6)34(40(8)37(45)33(25(4)5)39-31(42)22-24(2)3)30(46-9)23-32(43)41-21-15-18-29(41)35(47-10)27(7)36(44)38-20-19-28-16-13-12-14-17-28/h13,16-17,24-27,29-30,33-35H,11-12,14-15,18-23H2,1-10H3,(H,38,44)(H,39,42)/t26-,27+,29-,30+,33-,34?,35+/m0/s1. The fourth-order valence-corrected chi connectivity index (χ4v) is 6.99. The van der Waals surface area contributed by atoms with E-state index in [0.29, 0.717) is 19.5 Å². The smallest absolute Gasteiger partial charge is 0.245 e. The summed E-state index contributed by atoms with van der Waals surface area (Å²) >= 11 is 0. The highest BCUT2D eigenvalue weighted by Gasteiger charge is 2.42. The maximum atomic E-state index is 14.0. The van der Waals surface area contributed by atoms with Gasteiger partial charge in [-0.3, -0.25) is 19.2 Å². The Morgan fingerprint density at radius 2 is 1.72 bits per heavy atom. The maximum absolute atomic E-state index is 14.0. The van der Waals surface area contributed by atoms with Gasteiger partial charge in [-0.2, -0.15) is 0 Å². The van der Waals surface area contributed by atoms with Crippen LogP contribution in [-0.4, -0.2) is 98.1 Å². The van der Waals surface area contributed by atoms with Crippen LogP contribution in [0.25, 0.3) is 0 Å². The van der Waals surface area contributed by atoms with E-state index in [9.17, 15) is 19.2 Å². The zero-order valence-electron chi connectivity index (χ0n) is 30.8. The van der Waals surface area contributed by atoms with E-state index in [0.717, 1.165) is 38.5 Å². The molecule has 2 rings (SSSR count). The van der Waals surface area contributed by atoms with E-state index < -0.39 is 24.2 Å².